The Labute approximate surface area is 119 Å². The van der Waals surface area contributed by atoms with Gasteiger partial charge in [0, 0.05) is 12.5 Å². The van der Waals surface area contributed by atoms with Gasteiger partial charge in [0.25, 0.3) is 0 Å². The van der Waals surface area contributed by atoms with Gasteiger partial charge >= 0.3 is 0 Å². The number of nitrogens with zero attached hydrogens (tertiary/aromatic N) is 3. The van der Waals surface area contributed by atoms with E-state index < -0.39 is 5.60 Å². The van der Waals surface area contributed by atoms with E-state index in [2.05, 4.69) is 10.1 Å². The number of ether oxygens (including phenoxy) is 1. The molecule has 5 heteroatoms. The predicted octanol–water partition coefficient (Wildman–Crippen LogP) is 2.32. The highest BCUT2D eigenvalue weighted by molar-refractivity contribution is 5.32. The lowest BCUT2D eigenvalue weighted by molar-refractivity contribution is 0.0537. The van der Waals surface area contributed by atoms with Crippen LogP contribution in [0.4, 0.5) is 0 Å². The van der Waals surface area contributed by atoms with Gasteiger partial charge in [0.1, 0.15) is 17.9 Å². The van der Waals surface area contributed by atoms with Crippen molar-refractivity contribution < 1.29 is 9.84 Å². The summed E-state index contributed by atoms with van der Waals surface area (Å²) in [5.74, 6) is 1.50. The first-order chi connectivity index (χ1) is 9.44. The fourth-order valence-electron chi connectivity index (χ4n) is 2.20. The molecule has 1 heterocycles. The minimum Gasteiger partial charge on any atom is -0.497 e. The minimum absolute atomic E-state index is 0.216. The summed E-state index contributed by atoms with van der Waals surface area (Å²) in [6.45, 7) is 5.86. The fourth-order valence-corrected chi connectivity index (χ4v) is 2.20. The molecule has 0 saturated carbocycles. The first-order valence-electron chi connectivity index (χ1n) is 6.69. The van der Waals surface area contributed by atoms with Gasteiger partial charge in [0.15, 0.2) is 0 Å². The van der Waals surface area contributed by atoms with Crippen molar-refractivity contribution in [3.63, 3.8) is 0 Å². The van der Waals surface area contributed by atoms with Gasteiger partial charge in [-0.2, -0.15) is 5.10 Å². The number of benzene rings is 1. The molecule has 0 fully saturated rings. The molecule has 2 aromatic rings. The van der Waals surface area contributed by atoms with E-state index in [0.29, 0.717) is 6.42 Å². The minimum atomic E-state index is -1.02. The second-order valence-electron chi connectivity index (χ2n) is 5.40. The number of methoxy groups -OCH3 is 1. The molecule has 0 saturated heterocycles. The summed E-state index contributed by atoms with van der Waals surface area (Å²) < 4.78 is 7.03. The van der Waals surface area contributed by atoms with E-state index in [-0.39, 0.29) is 6.04 Å². The summed E-state index contributed by atoms with van der Waals surface area (Å²) in [5.41, 5.74) is -0.219. The van der Waals surface area contributed by atoms with Crippen molar-refractivity contribution in [2.24, 2.45) is 0 Å². The van der Waals surface area contributed by atoms with Crippen LogP contribution >= 0.6 is 0 Å². The van der Waals surface area contributed by atoms with Crippen LogP contribution in [0, 0.1) is 0 Å². The largest absolute Gasteiger partial charge is 0.497 e. The maximum atomic E-state index is 10.7. The van der Waals surface area contributed by atoms with Gasteiger partial charge < -0.3 is 9.84 Å². The predicted molar refractivity (Wildman–Crippen MR) is 76.7 cm³/mol. The zero-order chi connectivity index (χ0) is 14.8. The smallest absolute Gasteiger partial charge is 0.138 e. The number of hydrogen-bond acceptors (Lipinski definition) is 4. The molecule has 0 aliphatic heterocycles. The van der Waals surface area contributed by atoms with E-state index in [4.69, 9.17) is 4.74 Å². The highest BCUT2D eigenvalue weighted by Gasteiger charge is 2.27. The standard InChI is InChI=1S/C15H21N3O2/c1-11(2)18-14(16-10-17-18)9-15(3,19)12-6-5-7-13(8-12)20-4/h5-8,10-11,19H,9H2,1-4H3. The summed E-state index contributed by atoms with van der Waals surface area (Å²) >= 11 is 0. The molecular weight excluding hydrogens is 254 g/mol. The molecule has 2 rings (SSSR count). The molecule has 0 radical (unpaired) electrons. The lowest BCUT2D eigenvalue weighted by atomic mass is 9.92. The van der Waals surface area contributed by atoms with E-state index in [1.165, 1.54) is 6.33 Å². The monoisotopic (exact) mass is 275 g/mol. The number of aliphatic hydroxyl groups is 1. The Hall–Kier alpha value is -1.88. The van der Waals surface area contributed by atoms with Crippen molar-refractivity contribution in [1.82, 2.24) is 14.8 Å². The zero-order valence-electron chi connectivity index (χ0n) is 12.4. The summed E-state index contributed by atoms with van der Waals surface area (Å²) in [4.78, 5) is 4.25. The Morgan fingerprint density at radius 2 is 2.15 bits per heavy atom. The third kappa shape index (κ3) is 2.99. The zero-order valence-corrected chi connectivity index (χ0v) is 12.4. The molecule has 1 N–H and O–H groups in total. The first-order valence-corrected chi connectivity index (χ1v) is 6.69. The van der Waals surface area contributed by atoms with Gasteiger partial charge in [0.05, 0.1) is 12.7 Å². The van der Waals surface area contributed by atoms with Crippen LogP contribution in [0.25, 0.3) is 0 Å². The molecule has 0 amide bonds. The third-order valence-electron chi connectivity index (χ3n) is 3.33. The highest BCUT2D eigenvalue weighted by atomic mass is 16.5. The van der Waals surface area contributed by atoms with Crippen molar-refractivity contribution >= 4 is 0 Å². The second-order valence-corrected chi connectivity index (χ2v) is 5.40. The van der Waals surface area contributed by atoms with Crippen LogP contribution in [-0.2, 0) is 12.0 Å². The Kier molecular flexibility index (Phi) is 4.09. The van der Waals surface area contributed by atoms with Crippen molar-refractivity contribution in [2.75, 3.05) is 7.11 Å². The van der Waals surface area contributed by atoms with Crippen molar-refractivity contribution in [3.05, 3.63) is 42.0 Å². The normalized spacial score (nSPS) is 14.3. The third-order valence-corrected chi connectivity index (χ3v) is 3.33. The lowest BCUT2D eigenvalue weighted by Gasteiger charge is -2.24. The van der Waals surface area contributed by atoms with Crippen LogP contribution in [0.5, 0.6) is 5.75 Å². The Bertz CT molecular complexity index is 576. The maximum Gasteiger partial charge on any atom is 0.138 e. The molecule has 108 valence electrons. The molecule has 1 aromatic heterocycles. The van der Waals surface area contributed by atoms with E-state index >= 15 is 0 Å². The van der Waals surface area contributed by atoms with Crippen LogP contribution in [0.1, 0.15) is 38.2 Å². The molecule has 1 atom stereocenters. The summed E-state index contributed by atoms with van der Waals surface area (Å²) in [7, 11) is 1.61. The Morgan fingerprint density at radius 1 is 1.40 bits per heavy atom. The lowest BCUT2D eigenvalue weighted by Crippen LogP contribution is -2.26. The first kappa shape index (κ1) is 14.5. The molecule has 1 unspecified atom stereocenters. The average Bonchev–Trinajstić information content (AvgIpc) is 2.86. The SMILES string of the molecule is COc1cccc(C(C)(O)Cc2ncnn2C(C)C)c1. The van der Waals surface area contributed by atoms with E-state index in [0.717, 1.165) is 17.1 Å². The van der Waals surface area contributed by atoms with Crippen LogP contribution < -0.4 is 4.74 Å². The molecule has 5 nitrogen and oxygen atoms in total. The number of hydrogen-bond donors (Lipinski definition) is 1. The fraction of sp³-hybridized carbons (Fsp3) is 0.467. The van der Waals surface area contributed by atoms with Gasteiger partial charge in [-0.25, -0.2) is 9.67 Å². The van der Waals surface area contributed by atoms with Crippen LogP contribution in [-0.4, -0.2) is 27.0 Å². The summed E-state index contributed by atoms with van der Waals surface area (Å²) in [6.07, 6.45) is 1.93. The van der Waals surface area contributed by atoms with E-state index in [1.54, 1.807) is 14.0 Å². The Balaban J connectivity index is 2.28. The molecule has 20 heavy (non-hydrogen) atoms. The molecule has 0 aliphatic carbocycles. The Morgan fingerprint density at radius 3 is 2.80 bits per heavy atom. The quantitative estimate of drug-likeness (QED) is 0.909. The van der Waals surface area contributed by atoms with Gasteiger partial charge in [-0.1, -0.05) is 12.1 Å². The van der Waals surface area contributed by atoms with Crippen molar-refractivity contribution in [2.45, 2.75) is 38.8 Å². The van der Waals surface area contributed by atoms with Crippen molar-refractivity contribution in [1.29, 1.82) is 0 Å². The average molecular weight is 275 g/mol. The topological polar surface area (TPSA) is 60.2 Å². The van der Waals surface area contributed by atoms with Crippen LogP contribution in [0.15, 0.2) is 30.6 Å². The second kappa shape index (κ2) is 5.63. The van der Waals surface area contributed by atoms with Gasteiger partial charge in [0.2, 0.25) is 0 Å². The number of rotatable bonds is 5. The molecule has 0 spiro atoms. The molecule has 0 bridgehead atoms. The highest BCUT2D eigenvalue weighted by Crippen LogP contribution is 2.27. The summed E-state index contributed by atoms with van der Waals surface area (Å²) in [6, 6.07) is 7.68. The molecule has 1 aromatic carbocycles. The molecular formula is C15H21N3O2. The molecule has 0 aliphatic rings. The van der Waals surface area contributed by atoms with Crippen LogP contribution in [0.2, 0.25) is 0 Å². The summed E-state index contributed by atoms with van der Waals surface area (Å²) in [5, 5.41) is 14.9. The van der Waals surface area contributed by atoms with Crippen LogP contribution in [0.3, 0.4) is 0 Å². The van der Waals surface area contributed by atoms with Gasteiger partial charge in [-0.15, -0.1) is 0 Å². The van der Waals surface area contributed by atoms with E-state index in [1.807, 2.05) is 42.8 Å². The van der Waals surface area contributed by atoms with E-state index in [9.17, 15) is 5.11 Å². The maximum absolute atomic E-state index is 10.7. The van der Waals surface area contributed by atoms with Gasteiger partial charge in [-0.05, 0) is 38.5 Å². The van der Waals surface area contributed by atoms with Crippen molar-refractivity contribution in [3.8, 4) is 5.75 Å². The van der Waals surface area contributed by atoms with Gasteiger partial charge in [-0.3, -0.25) is 0 Å². The number of aromatic nitrogens is 3.